The fraction of sp³-hybridized carbons (Fsp3) is 0.742. The van der Waals surface area contributed by atoms with Crippen LogP contribution in [-0.4, -0.2) is 93.4 Å². The molecule has 0 spiro atoms. The van der Waals surface area contributed by atoms with Crippen molar-refractivity contribution in [2.75, 3.05) is 30.9 Å². The molecule has 2 aromatic rings. The Morgan fingerprint density at radius 3 is 2.20 bits per heavy atom. The van der Waals surface area contributed by atoms with Gasteiger partial charge in [-0.3, -0.25) is 18.7 Å². The fourth-order valence-electron chi connectivity index (χ4n) is 6.12. The van der Waals surface area contributed by atoms with E-state index in [1.54, 1.807) is 25.3 Å². The van der Waals surface area contributed by atoms with Crippen LogP contribution in [0.2, 0.25) is 0 Å². The summed E-state index contributed by atoms with van der Waals surface area (Å²) < 4.78 is 50.6. The molecule has 1 aliphatic carbocycles. The average Bonchev–Trinajstić information content (AvgIpc) is 3.57. The third-order valence-corrected chi connectivity index (χ3v) is 10.3. The van der Waals surface area contributed by atoms with Gasteiger partial charge in [-0.1, -0.05) is 27.7 Å². The van der Waals surface area contributed by atoms with Crippen LogP contribution in [0.1, 0.15) is 80.4 Å². The number of fused-ring (bicyclic) bond motifs is 2. The molecule has 5 rings (SSSR count). The van der Waals surface area contributed by atoms with E-state index in [1.165, 1.54) is 6.33 Å². The van der Waals surface area contributed by atoms with Crippen molar-refractivity contribution >= 4 is 48.7 Å². The Balaban J connectivity index is 1.45. The molecule has 6 atom stereocenters. The number of carbonyl (C=O) groups is 3. The molecule has 0 bridgehead atoms. The first-order valence-electron chi connectivity index (χ1n) is 17.1. The summed E-state index contributed by atoms with van der Waals surface area (Å²) in [6, 6.07) is -1.84. The Bertz CT molecular complexity index is 1560. The summed E-state index contributed by atoms with van der Waals surface area (Å²) in [4.78, 5) is 51.9. The van der Waals surface area contributed by atoms with Crippen molar-refractivity contribution in [3.63, 3.8) is 0 Å². The van der Waals surface area contributed by atoms with Gasteiger partial charge in [-0.05, 0) is 58.3 Å². The molecule has 5 N–H and O–H groups in total. The molecule has 18 nitrogen and oxygen atoms in total. The Morgan fingerprint density at radius 2 is 1.66 bits per heavy atom. The summed E-state index contributed by atoms with van der Waals surface area (Å²) in [7, 11) is -4.29. The van der Waals surface area contributed by atoms with Gasteiger partial charge in [-0.15, -0.1) is 0 Å². The minimum Gasteiger partial charge on any atom is -0.465 e. The number of nitrogens with zero attached hydrogens (tertiary/aromatic N) is 4. The van der Waals surface area contributed by atoms with Gasteiger partial charge in [0.15, 0.2) is 34.9 Å². The smallest absolute Gasteiger partial charge is 0.465 e. The van der Waals surface area contributed by atoms with Crippen molar-refractivity contribution in [1.29, 1.82) is 0 Å². The van der Waals surface area contributed by atoms with Gasteiger partial charge >= 0.3 is 25.8 Å². The molecular weight excluding hydrogens is 675 g/mol. The van der Waals surface area contributed by atoms with E-state index in [2.05, 4.69) is 30.4 Å². The summed E-state index contributed by atoms with van der Waals surface area (Å²) in [5, 5.41) is 8.98. The Morgan fingerprint density at radius 1 is 1.06 bits per heavy atom. The second kappa shape index (κ2) is 15.4. The number of nitrogens with two attached hydrogens (primary N) is 1. The number of rotatable bonds is 18. The lowest BCUT2D eigenvalue weighted by atomic mass is 9.96. The zero-order valence-corrected chi connectivity index (χ0v) is 30.4. The van der Waals surface area contributed by atoms with Crippen LogP contribution in [0, 0.1) is 11.8 Å². The minimum absolute atomic E-state index is 0.000560. The first kappa shape index (κ1) is 37.7. The highest BCUT2D eigenvalue weighted by Crippen LogP contribution is 2.49. The zero-order valence-electron chi connectivity index (χ0n) is 29.5. The van der Waals surface area contributed by atoms with Crippen LogP contribution in [0.5, 0.6) is 0 Å². The molecule has 50 heavy (non-hydrogen) atoms. The Kier molecular flexibility index (Phi) is 11.6. The van der Waals surface area contributed by atoms with E-state index < -0.39 is 68.5 Å². The summed E-state index contributed by atoms with van der Waals surface area (Å²) in [5.41, 5.74) is 5.45. The van der Waals surface area contributed by atoms with Gasteiger partial charge in [0, 0.05) is 6.04 Å². The molecular formula is C31H49N8O10P. The summed E-state index contributed by atoms with van der Waals surface area (Å²) in [5.74, 6) is -0.778. The first-order valence-corrected chi connectivity index (χ1v) is 18.7. The van der Waals surface area contributed by atoms with E-state index in [9.17, 15) is 18.9 Å². The van der Waals surface area contributed by atoms with E-state index in [1.807, 2.05) is 27.7 Å². The number of nitrogen functional groups attached to an aromatic ring is 1. The van der Waals surface area contributed by atoms with Crippen LogP contribution < -0.4 is 21.2 Å². The highest BCUT2D eigenvalue weighted by atomic mass is 31.2. The van der Waals surface area contributed by atoms with Crippen molar-refractivity contribution in [1.82, 2.24) is 29.7 Å². The third kappa shape index (κ3) is 8.48. The second-order valence-corrected chi connectivity index (χ2v) is 15.6. The predicted octanol–water partition coefficient (Wildman–Crippen LogP) is 3.43. The lowest BCUT2D eigenvalue weighted by Gasteiger charge is -2.30. The van der Waals surface area contributed by atoms with Crippen molar-refractivity contribution in [2.45, 2.75) is 116 Å². The molecule has 2 aromatic heterocycles. The molecule has 2 saturated heterocycles. The van der Waals surface area contributed by atoms with Crippen LogP contribution >= 0.6 is 7.67 Å². The summed E-state index contributed by atoms with van der Waals surface area (Å²) in [6.07, 6.45) is -0.0240. The second-order valence-electron chi connectivity index (χ2n) is 13.7. The summed E-state index contributed by atoms with van der Waals surface area (Å²) in [6.45, 7) is 12.4. The van der Waals surface area contributed by atoms with Crippen molar-refractivity contribution < 1.29 is 47.2 Å². The van der Waals surface area contributed by atoms with E-state index in [-0.39, 0.29) is 49.9 Å². The SMILES string of the molecule is CCOC(=O)C(CC(C)C)NP(=O)(NC(CC(C)C)C(=O)OCC)OC[C@H]1O[C@@H](n2cnc3c(NC4CC4)nc(N)nc32)C2(C)OC(=O)OC12. The van der Waals surface area contributed by atoms with Crippen LogP contribution in [0.15, 0.2) is 6.33 Å². The van der Waals surface area contributed by atoms with E-state index in [4.69, 9.17) is 33.9 Å². The van der Waals surface area contributed by atoms with Gasteiger partial charge < -0.3 is 39.3 Å². The first-order chi connectivity index (χ1) is 23.7. The molecule has 4 heterocycles. The van der Waals surface area contributed by atoms with Gasteiger partial charge in [0.1, 0.15) is 18.2 Å². The average molecular weight is 725 g/mol. The number of hydrogen-bond donors (Lipinski definition) is 4. The largest absolute Gasteiger partial charge is 0.509 e. The molecule has 2 aliphatic heterocycles. The zero-order chi connectivity index (χ0) is 36.4. The molecule has 19 heteroatoms. The van der Waals surface area contributed by atoms with Crippen LogP contribution in [0.25, 0.3) is 11.2 Å². The van der Waals surface area contributed by atoms with Crippen LogP contribution in [-0.2, 0) is 42.4 Å². The molecule has 278 valence electrons. The van der Waals surface area contributed by atoms with Gasteiger partial charge in [0.05, 0.1) is 26.1 Å². The quantitative estimate of drug-likeness (QED) is 0.0980. The summed E-state index contributed by atoms with van der Waals surface area (Å²) >= 11 is 0. The standard InChI is InChI=1S/C31H49N8O10P/c1-8-44-26(40)19(12-16(3)4)37-50(43,38-20(13-17(5)6)27(41)45-9-2)46-14-21-23-31(7,49-30(42)48-23)28(47-21)39-15-33-22-24(34-18-10-11-18)35-29(32)36-25(22)39/h15-21,23,28H,8-14H2,1-7H3,(H2,37,38,43)(H3,32,34,35,36)/t19?,20?,21-,23?,28-,31?,50?/m1/s1. The minimum atomic E-state index is -4.29. The normalized spacial score (nSPS) is 25.5. The third-order valence-electron chi connectivity index (χ3n) is 8.46. The van der Waals surface area contributed by atoms with Crippen molar-refractivity contribution in [3.05, 3.63) is 6.33 Å². The van der Waals surface area contributed by atoms with Gasteiger partial charge in [0.25, 0.3) is 0 Å². The van der Waals surface area contributed by atoms with Crippen LogP contribution in [0.4, 0.5) is 16.6 Å². The number of imidazole rings is 1. The maximum atomic E-state index is 14.8. The number of esters is 2. The Labute approximate surface area is 290 Å². The molecule has 1 saturated carbocycles. The highest BCUT2D eigenvalue weighted by molar-refractivity contribution is 7.54. The maximum Gasteiger partial charge on any atom is 0.509 e. The fourth-order valence-corrected chi connectivity index (χ4v) is 7.94. The predicted molar refractivity (Wildman–Crippen MR) is 180 cm³/mol. The number of nitrogens with one attached hydrogen (secondary N) is 3. The molecule has 0 aromatic carbocycles. The van der Waals surface area contributed by atoms with Crippen LogP contribution in [0.3, 0.4) is 0 Å². The number of anilines is 2. The number of aromatic nitrogens is 4. The van der Waals surface area contributed by atoms with Gasteiger partial charge in [0.2, 0.25) is 5.95 Å². The number of ether oxygens (including phenoxy) is 5. The van der Waals surface area contributed by atoms with E-state index in [0.717, 1.165) is 12.8 Å². The molecule has 4 unspecified atom stereocenters. The highest BCUT2D eigenvalue weighted by Gasteiger charge is 2.64. The lowest BCUT2D eigenvalue weighted by Crippen LogP contribution is -2.46. The van der Waals surface area contributed by atoms with Gasteiger partial charge in [-0.25, -0.2) is 20.0 Å². The number of carbonyl (C=O) groups excluding carboxylic acids is 3. The molecule has 3 fully saturated rings. The molecule has 0 amide bonds. The molecule has 3 aliphatic rings. The topological polar surface area (TPSA) is 229 Å². The van der Waals surface area contributed by atoms with Gasteiger partial charge in [-0.2, -0.15) is 9.97 Å². The number of hydrogen-bond acceptors (Lipinski definition) is 15. The van der Waals surface area contributed by atoms with E-state index in [0.29, 0.717) is 17.0 Å². The van der Waals surface area contributed by atoms with E-state index >= 15 is 0 Å². The maximum absolute atomic E-state index is 14.8. The molecule has 0 radical (unpaired) electrons. The van der Waals surface area contributed by atoms with Crippen molar-refractivity contribution in [2.24, 2.45) is 11.8 Å². The Hall–Kier alpha value is -3.57. The lowest BCUT2D eigenvalue weighted by molar-refractivity contribution is -0.146. The monoisotopic (exact) mass is 724 g/mol. The van der Waals surface area contributed by atoms with Crippen molar-refractivity contribution in [3.8, 4) is 0 Å².